The SMILES string of the molecule is CO[C@H]1CC[C@H](C(O)N2Cc3c(cnc4[nH]ccc34)N2)CC1. The first-order chi connectivity index (χ1) is 10.8. The second kappa shape index (κ2) is 5.53. The van der Waals surface area contributed by atoms with Crippen molar-refractivity contribution in [1.82, 2.24) is 15.0 Å². The van der Waals surface area contributed by atoms with Crippen molar-refractivity contribution < 1.29 is 9.84 Å². The second-order valence-electron chi connectivity index (χ2n) is 6.32. The molecule has 2 aromatic heterocycles. The van der Waals surface area contributed by atoms with E-state index in [4.69, 9.17) is 4.74 Å². The number of aliphatic hydroxyl groups excluding tert-OH is 1. The molecule has 1 aliphatic heterocycles. The van der Waals surface area contributed by atoms with Crippen LogP contribution < -0.4 is 5.43 Å². The van der Waals surface area contributed by atoms with Gasteiger partial charge in [0.2, 0.25) is 0 Å². The van der Waals surface area contributed by atoms with E-state index in [2.05, 4.69) is 15.4 Å². The highest BCUT2D eigenvalue weighted by atomic mass is 16.5. The van der Waals surface area contributed by atoms with Gasteiger partial charge in [0.15, 0.2) is 0 Å². The summed E-state index contributed by atoms with van der Waals surface area (Å²) in [6.45, 7) is 0.706. The summed E-state index contributed by atoms with van der Waals surface area (Å²) in [5, 5.41) is 13.8. The maximum absolute atomic E-state index is 10.7. The predicted octanol–water partition coefficient (Wildman–Crippen LogP) is 2.23. The number of pyridine rings is 1. The molecule has 0 saturated heterocycles. The Bertz CT molecular complexity index is 663. The second-order valence-corrected chi connectivity index (χ2v) is 6.32. The third kappa shape index (κ3) is 2.27. The fourth-order valence-electron chi connectivity index (χ4n) is 3.73. The molecule has 22 heavy (non-hydrogen) atoms. The Balaban J connectivity index is 1.48. The summed E-state index contributed by atoms with van der Waals surface area (Å²) < 4.78 is 5.41. The minimum atomic E-state index is -0.473. The molecule has 1 fully saturated rings. The van der Waals surface area contributed by atoms with E-state index in [0.29, 0.717) is 18.6 Å². The molecule has 3 heterocycles. The van der Waals surface area contributed by atoms with Gasteiger partial charge in [0.25, 0.3) is 0 Å². The summed E-state index contributed by atoms with van der Waals surface area (Å²) >= 11 is 0. The highest BCUT2D eigenvalue weighted by Gasteiger charge is 2.33. The van der Waals surface area contributed by atoms with E-state index in [9.17, 15) is 5.11 Å². The van der Waals surface area contributed by atoms with E-state index in [1.54, 1.807) is 7.11 Å². The number of nitrogens with zero attached hydrogens (tertiary/aromatic N) is 2. The van der Waals surface area contributed by atoms with Crippen molar-refractivity contribution in [3.63, 3.8) is 0 Å². The van der Waals surface area contributed by atoms with Crippen LogP contribution in [-0.2, 0) is 11.3 Å². The number of hydrogen-bond acceptors (Lipinski definition) is 5. The van der Waals surface area contributed by atoms with Gasteiger partial charge in [0.05, 0.1) is 18.0 Å². The predicted molar refractivity (Wildman–Crippen MR) is 84.0 cm³/mol. The van der Waals surface area contributed by atoms with Crippen LogP contribution in [0.4, 0.5) is 5.69 Å². The molecule has 4 rings (SSSR count). The standard InChI is InChI=1S/C16H22N4O2/c1-22-11-4-2-10(3-5-11)16(21)20-9-13-12-6-7-17-15(12)18-8-14(13)19-20/h6-8,10-11,16,19,21H,2-5,9H2,1H3,(H,17,18)/t10-,11-,16?. The number of aliphatic hydroxyl groups is 1. The first-order valence-electron chi connectivity index (χ1n) is 7.95. The molecule has 2 aromatic rings. The highest BCUT2D eigenvalue weighted by Crippen LogP contribution is 2.35. The molecular weight excluding hydrogens is 280 g/mol. The van der Waals surface area contributed by atoms with Crippen molar-refractivity contribution in [3.8, 4) is 0 Å². The average molecular weight is 302 g/mol. The number of anilines is 1. The number of hydrazine groups is 1. The number of methoxy groups -OCH3 is 1. The number of ether oxygens (including phenoxy) is 1. The van der Waals surface area contributed by atoms with E-state index < -0.39 is 6.23 Å². The summed E-state index contributed by atoms with van der Waals surface area (Å²) in [5.41, 5.74) is 6.42. The molecule has 1 aliphatic carbocycles. The lowest BCUT2D eigenvalue weighted by atomic mass is 9.86. The summed E-state index contributed by atoms with van der Waals surface area (Å²) in [4.78, 5) is 7.53. The number of hydrogen-bond donors (Lipinski definition) is 3. The van der Waals surface area contributed by atoms with E-state index in [-0.39, 0.29) is 0 Å². The van der Waals surface area contributed by atoms with Crippen LogP contribution >= 0.6 is 0 Å². The van der Waals surface area contributed by atoms with Gasteiger partial charge in [-0.05, 0) is 31.7 Å². The van der Waals surface area contributed by atoms with Crippen LogP contribution in [-0.4, -0.2) is 39.5 Å². The Morgan fingerprint density at radius 1 is 1.36 bits per heavy atom. The molecule has 0 radical (unpaired) electrons. The fraction of sp³-hybridized carbons (Fsp3) is 0.562. The van der Waals surface area contributed by atoms with E-state index >= 15 is 0 Å². The van der Waals surface area contributed by atoms with Gasteiger partial charge in [-0.25, -0.2) is 4.98 Å². The molecule has 1 saturated carbocycles. The fourth-order valence-corrected chi connectivity index (χ4v) is 3.73. The molecule has 0 spiro atoms. The van der Waals surface area contributed by atoms with Crippen molar-refractivity contribution in [3.05, 3.63) is 24.0 Å². The van der Waals surface area contributed by atoms with E-state index in [1.165, 1.54) is 5.56 Å². The summed E-state index contributed by atoms with van der Waals surface area (Å²) in [5.74, 6) is 0.294. The lowest BCUT2D eigenvalue weighted by Crippen LogP contribution is -2.42. The lowest BCUT2D eigenvalue weighted by Gasteiger charge is -2.34. The van der Waals surface area contributed by atoms with Crippen LogP contribution in [0, 0.1) is 5.92 Å². The Kier molecular flexibility index (Phi) is 3.52. The van der Waals surface area contributed by atoms with Crippen molar-refractivity contribution in [2.75, 3.05) is 12.5 Å². The van der Waals surface area contributed by atoms with Gasteiger partial charge in [0, 0.05) is 36.7 Å². The van der Waals surface area contributed by atoms with Crippen molar-refractivity contribution in [2.24, 2.45) is 5.92 Å². The third-order valence-electron chi connectivity index (χ3n) is 5.08. The van der Waals surface area contributed by atoms with Gasteiger partial charge in [-0.2, -0.15) is 5.01 Å². The number of nitrogens with one attached hydrogen (secondary N) is 2. The summed E-state index contributed by atoms with van der Waals surface area (Å²) in [6.07, 6.45) is 7.70. The third-order valence-corrected chi connectivity index (χ3v) is 5.08. The minimum absolute atomic E-state index is 0.294. The number of H-pyrrole nitrogens is 1. The molecule has 118 valence electrons. The quantitative estimate of drug-likeness (QED) is 0.811. The molecule has 0 bridgehead atoms. The van der Waals surface area contributed by atoms with Gasteiger partial charge in [-0.1, -0.05) is 0 Å². The molecule has 0 amide bonds. The lowest BCUT2D eigenvalue weighted by molar-refractivity contribution is -0.0537. The topological polar surface area (TPSA) is 73.4 Å². The van der Waals surface area contributed by atoms with Crippen molar-refractivity contribution in [1.29, 1.82) is 0 Å². The number of aromatic nitrogens is 2. The van der Waals surface area contributed by atoms with Crippen LogP contribution in [0.15, 0.2) is 18.5 Å². The monoisotopic (exact) mass is 302 g/mol. The van der Waals surface area contributed by atoms with Crippen molar-refractivity contribution in [2.45, 2.75) is 44.6 Å². The average Bonchev–Trinajstić information content (AvgIpc) is 3.19. The smallest absolute Gasteiger partial charge is 0.137 e. The largest absolute Gasteiger partial charge is 0.381 e. The highest BCUT2D eigenvalue weighted by molar-refractivity contribution is 5.85. The summed E-state index contributed by atoms with van der Waals surface area (Å²) in [7, 11) is 1.77. The molecule has 6 heteroatoms. The Morgan fingerprint density at radius 3 is 2.95 bits per heavy atom. The van der Waals surface area contributed by atoms with Gasteiger partial charge < -0.3 is 20.3 Å². The normalized spacial score (nSPS) is 26.8. The first-order valence-corrected chi connectivity index (χ1v) is 7.95. The van der Waals surface area contributed by atoms with Crippen LogP contribution in [0.3, 0.4) is 0 Å². The molecular formula is C16H22N4O2. The molecule has 1 atom stereocenters. The zero-order chi connectivity index (χ0) is 15.1. The maximum Gasteiger partial charge on any atom is 0.137 e. The van der Waals surface area contributed by atoms with Crippen LogP contribution in [0.2, 0.25) is 0 Å². The maximum atomic E-state index is 10.7. The summed E-state index contributed by atoms with van der Waals surface area (Å²) in [6, 6.07) is 2.04. The van der Waals surface area contributed by atoms with E-state index in [1.807, 2.05) is 23.5 Å². The van der Waals surface area contributed by atoms with Crippen molar-refractivity contribution >= 4 is 16.7 Å². The van der Waals surface area contributed by atoms with Crippen LogP contribution in [0.25, 0.3) is 11.0 Å². The van der Waals surface area contributed by atoms with Gasteiger partial charge in [-0.3, -0.25) is 0 Å². The molecule has 1 unspecified atom stereocenters. The number of rotatable bonds is 3. The zero-order valence-corrected chi connectivity index (χ0v) is 12.7. The zero-order valence-electron chi connectivity index (χ0n) is 12.7. The molecule has 0 aromatic carbocycles. The van der Waals surface area contributed by atoms with Crippen LogP contribution in [0.5, 0.6) is 0 Å². The Labute approximate surface area is 129 Å². The Morgan fingerprint density at radius 2 is 2.18 bits per heavy atom. The van der Waals surface area contributed by atoms with E-state index in [0.717, 1.165) is 42.4 Å². The number of aromatic amines is 1. The van der Waals surface area contributed by atoms with Crippen LogP contribution in [0.1, 0.15) is 31.2 Å². The minimum Gasteiger partial charge on any atom is -0.381 e. The molecule has 3 N–H and O–H groups in total. The molecule has 2 aliphatic rings. The molecule has 6 nitrogen and oxygen atoms in total. The first kappa shape index (κ1) is 14.0. The van der Waals surface area contributed by atoms with Gasteiger partial charge in [-0.15, -0.1) is 0 Å². The number of fused-ring (bicyclic) bond motifs is 3. The van der Waals surface area contributed by atoms with Gasteiger partial charge in [0.1, 0.15) is 11.9 Å². The van der Waals surface area contributed by atoms with Gasteiger partial charge >= 0.3 is 0 Å². The Hall–Kier alpha value is -1.63.